The van der Waals surface area contributed by atoms with Gasteiger partial charge in [0.1, 0.15) is 12.4 Å². The van der Waals surface area contributed by atoms with Gasteiger partial charge in [-0.2, -0.15) is 4.98 Å². The molecule has 0 amide bonds. The average Bonchev–Trinajstić information content (AvgIpc) is 2.52. The summed E-state index contributed by atoms with van der Waals surface area (Å²) in [6.07, 6.45) is 2.86. The summed E-state index contributed by atoms with van der Waals surface area (Å²) in [5, 5.41) is 7.31. The minimum absolute atomic E-state index is 0.101. The number of ether oxygens (including phenoxy) is 1. The molecule has 5 nitrogen and oxygen atoms in total. The molecule has 1 heterocycles. The van der Waals surface area contributed by atoms with Crippen LogP contribution in [0, 0.1) is 0 Å². The van der Waals surface area contributed by atoms with Crippen molar-refractivity contribution in [3.8, 4) is 6.01 Å². The molecule has 0 spiro atoms. The minimum Gasteiger partial charge on any atom is -0.458 e. The summed E-state index contributed by atoms with van der Waals surface area (Å²) in [4.78, 5) is 3.99. The lowest BCUT2D eigenvalue weighted by Crippen LogP contribution is -2.29. The van der Waals surface area contributed by atoms with E-state index in [9.17, 15) is 0 Å². The second-order valence-corrected chi connectivity index (χ2v) is 3.33. The topological polar surface area (TPSA) is 52.0 Å². The van der Waals surface area contributed by atoms with E-state index < -0.39 is 0 Å². The standard InChI is InChI=1S/C9H18N4O/c1-4-5-10-6-8(2)14-9-11-7-13(3)12-9/h7-8,10H,4-6H2,1-3H3. The fourth-order valence-electron chi connectivity index (χ4n) is 1.08. The molecule has 1 N–H and O–H groups in total. The first-order chi connectivity index (χ1) is 6.72. The van der Waals surface area contributed by atoms with Crippen molar-refractivity contribution >= 4 is 0 Å². The summed E-state index contributed by atoms with van der Waals surface area (Å²) < 4.78 is 7.10. The van der Waals surface area contributed by atoms with Crippen molar-refractivity contribution < 1.29 is 4.74 Å². The van der Waals surface area contributed by atoms with E-state index in [0.29, 0.717) is 6.01 Å². The van der Waals surface area contributed by atoms with Crippen LogP contribution in [0.3, 0.4) is 0 Å². The van der Waals surface area contributed by atoms with E-state index in [1.54, 1.807) is 11.0 Å². The highest BCUT2D eigenvalue weighted by molar-refractivity contribution is 4.88. The van der Waals surface area contributed by atoms with Crippen molar-refractivity contribution in [2.75, 3.05) is 13.1 Å². The maximum Gasteiger partial charge on any atom is 0.335 e. The summed E-state index contributed by atoms with van der Waals surface area (Å²) in [6, 6.07) is 0.443. The molecular weight excluding hydrogens is 180 g/mol. The molecule has 0 aliphatic heterocycles. The van der Waals surface area contributed by atoms with Crippen molar-refractivity contribution in [1.29, 1.82) is 0 Å². The molecule has 14 heavy (non-hydrogen) atoms. The number of hydrogen-bond donors (Lipinski definition) is 1. The monoisotopic (exact) mass is 198 g/mol. The van der Waals surface area contributed by atoms with E-state index in [2.05, 4.69) is 22.3 Å². The molecule has 0 aromatic carbocycles. The van der Waals surface area contributed by atoms with Gasteiger partial charge in [-0.25, -0.2) is 0 Å². The first-order valence-electron chi connectivity index (χ1n) is 4.95. The number of nitrogens with zero attached hydrogens (tertiary/aromatic N) is 3. The van der Waals surface area contributed by atoms with E-state index in [0.717, 1.165) is 19.5 Å². The van der Waals surface area contributed by atoms with Crippen LogP contribution in [0.25, 0.3) is 0 Å². The molecule has 1 rings (SSSR count). The van der Waals surface area contributed by atoms with Gasteiger partial charge in [-0.3, -0.25) is 4.68 Å². The second kappa shape index (κ2) is 5.59. The number of aromatic nitrogens is 3. The summed E-state index contributed by atoms with van der Waals surface area (Å²) in [6.45, 7) is 5.98. The van der Waals surface area contributed by atoms with Gasteiger partial charge in [-0.1, -0.05) is 6.92 Å². The molecule has 1 aromatic rings. The van der Waals surface area contributed by atoms with Gasteiger partial charge in [0.25, 0.3) is 0 Å². The second-order valence-electron chi connectivity index (χ2n) is 3.33. The third-order valence-electron chi connectivity index (χ3n) is 1.74. The third-order valence-corrected chi connectivity index (χ3v) is 1.74. The Bertz CT molecular complexity index is 261. The van der Waals surface area contributed by atoms with Crippen molar-refractivity contribution in [2.45, 2.75) is 26.4 Å². The molecule has 80 valence electrons. The van der Waals surface area contributed by atoms with E-state index in [1.807, 2.05) is 14.0 Å². The van der Waals surface area contributed by atoms with Crippen LogP contribution in [0.1, 0.15) is 20.3 Å². The Morgan fingerprint density at radius 1 is 1.64 bits per heavy atom. The molecule has 0 aliphatic carbocycles. The molecule has 0 saturated heterocycles. The Balaban J connectivity index is 2.23. The van der Waals surface area contributed by atoms with Gasteiger partial charge in [-0.15, -0.1) is 5.10 Å². The van der Waals surface area contributed by atoms with Crippen molar-refractivity contribution in [1.82, 2.24) is 20.1 Å². The maximum atomic E-state index is 5.48. The number of nitrogens with one attached hydrogen (secondary N) is 1. The fourth-order valence-corrected chi connectivity index (χ4v) is 1.08. The van der Waals surface area contributed by atoms with Crippen LogP contribution in [0.2, 0.25) is 0 Å². The Hall–Kier alpha value is -1.10. The van der Waals surface area contributed by atoms with Crippen LogP contribution in [-0.4, -0.2) is 34.0 Å². The van der Waals surface area contributed by atoms with Crippen LogP contribution >= 0.6 is 0 Å². The summed E-state index contributed by atoms with van der Waals surface area (Å²) in [5.41, 5.74) is 0. The zero-order chi connectivity index (χ0) is 10.4. The molecule has 0 saturated carbocycles. The molecule has 0 radical (unpaired) electrons. The lowest BCUT2D eigenvalue weighted by Gasteiger charge is -2.11. The first kappa shape index (κ1) is 11.0. The Morgan fingerprint density at radius 2 is 2.43 bits per heavy atom. The Kier molecular flexibility index (Phi) is 4.39. The summed E-state index contributed by atoms with van der Waals surface area (Å²) >= 11 is 0. The van der Waals surface area contributed by atoms with E-state index >= 15 is 0 Å². The SMILES string of the molecule is CCCNCC(C)Oc1ncn(C)n1. The zero-order valence-electron chi connectivity index (χ0n) is 9.03. The minimum atomic E-state index is 0.101. The highest BCUT2D eigenvalue weighted by atomic mass is 16.5. The Labute approximate surface area is 84.5 Å². The lowest BCUT2D eigenvalue weighted by molar-refractivity contribution is 0.199. The normalized spacial score (nSPS) is 12.8. The van der Waals surface area contributed by atoms with Crippen LogP contribution in [0.15, 0.2) is 6.33 Å². The van der Waals surface area contributed by atoms with Crippen LogP contribution in [-0.2, 0) is 7.05 Å². The number of rotatable bonds is 6. The molecule has 0 aliphatic rings. The third kappa shape index (κ3) is 3.74. The van der Waals surface area contributed by atoms with Crippen LogP contribution < -0.4 is 10.1 Å². The van der Waals surface area contributed by atoms with Crippen molar-refractivity contribution in [3.05, 3.63) is 6.33 Å². The largest absolute Gasteiger partial charge is 0.458 e. The van der Waals surface area contributed by atoms with Crippen LogP contribution in [0.5, 0.6) is 6.01 Å². The molecule has 0 bridgehead atoms. The quantitative estimate of drug-likeness (QED) is 0.679. The van der Waals surface area contributed by atoms with Crippen molar-refractivity contribution in [2.24, 2.45) is 7.05 Å². The van der Waals surface area contributed by atoms with E-state index in [1.165, 1.54) is 0 Å². The van der Waals surface area contributed by atoms with Gasteiger partial charge < -0.3 is 10.1 Å². The van der Waals surface area contributed by atoms with Gasteiger partial charge >= 0.3 is 6.01 Å². The summed E-state index contributed by atoms with van der Waals surface area (Å²) in [5.74, 6) is 0. The maximum absolute atomic E-state index is 5.48. The smallest absolute Gasteiger partial charge is 0.335 e. The lowest BCUT2D eigenvalue weighted by atomic mass is 10.4. The highest BCUT2D eigenvalue weighted by Gasteiger charge is 2.06. The van der Waals surface area contributed by atoms with Gasteiger partial charge in [0.05, 0.1) is 0 Å². The van der Waals surface area contributed by atoms with Gasteiger partial charge in [0.2, 0.25) is 0 Å². The number of hydrogen-bond acceptors (Lipinski definition) is 4. The molecule has 5 heteroatoms. The van der Waals surface area contributed by atoms with Crippen molar-refractivity contribution in [3.63, 3.8) is 0 Å². The fraction of sp³-hybridized carbons (Fsp3) is 0.778. The molecule has 1 atom stereocenters. The summed E-state index contributed by atoms with van der Waals surface area (Å²) in [7, 11) is 1.82. The Morgan fingerprint density at radius 3 is 3.00 bits per heavy atom. The zero-order valence-corrected chi connectivity index (χ0v) is 9.03. The molecule has 1 aromatic heterocycles. The number of aryl methyl sites for hydroxylation is 1. The molecule has 1 unspecified atom stereocenters. The van der Waals surface area contributed by atoms with E-state index in [-0.39, 0.29) is 6.10 Å². The predicted octanol–water partition coefficient (Wildman–Crippen LogP) is 0.582. The first-order valence-corrected chi connectivity index (χ1v) is 4.95. The van der Waals surface area contributed by atoms with Gasteiger partial charge in [0, 0.05) is 13.6 Å². The van der Waals surface area contributed by atoms with E-state index in [4.69, 9.17) is 4.74 Å². The van der Waals surface area contributed by atoms with Gasteiger partial charge in [0.15, 0.2) is 0 Å². The molecular formula is C9H18N4O. The van der Waals surface area contributed by atoms with Crippen LogP contribution in [0.4, 0.5) is 0 Å². The highest BCUT2D eigenvalue weighted by Crippen LogP contribution is 2.01. The average molecular weight is 198 g/mol. The predicted molar refractivity (Wildman–Crippen MR) is 54.3 cm³/mol. The van der Waals surface area contributed by atoms with Gasteiger partial charge in [-0.05, 0) is 19.9 Å². The molecule has 0 fully saturated rings.